The predicted octanol–water partition coefficient (Wildman–Crippen LogP) is 6.77. The number of hydrogen-bond donors (Lipinski definition) is 0. The minimum Gasteiger partial charge on any atom is -0.462 e. The molecule has 0 heterocycles. The molecule has 4 aliphatic rings. The Balaban J connectivity index is 1.66. The first-order chi connectivity index (χ1) is 12.9. The second-order valence-electron chi connectivity index (χ2n) is 10.9. The van der Waals surface area contributed by atoms with Gasteiger partial charge >= 0.3 is 5.97 Å². The molecular weight excluding hydrogens is 332 g/mol. The van der Waals surface area contributed by atoms with Crippen LogP contribution in [0.25, 0.3) is 0 Å². The molecule has 0 saturated heterocycles. The number of fused-ring (bicyclic) bond motifs is 5. The van der Waals surface area contributed by atoms with Crippen molar-refractivity contribution < 1.29 is 9.53 Å². The van der Waals surface area contributed by atoms with Crippen molar-refractivity contribution in [3.8, 4) is 0 Å². The van der Waals surface area contributed by atoms with Crippen LogP contribution in [-0.2, 0) is 9.53 Å². The maximum absolute atomic E-state index is 12.5. The zero-order valence-corrected chi connectivity index (χ0v) is 18.3. The van der Waals surface area contributed by atoms with Gasteiger partial charge in [0.1, 0.15) is 6.10 Å². The van der Waals surface area contributed by atoms with Crippen molar-refractivity contribution in [3.05, 3.63) is 0 Å². The molecule has 2 nitrogen and oxygen atoms in total. The summed E-state index contributed by atoms with van der Waals surface area (Å²) >= 11 is 0. The van der Waals surface area contributed by atoms with Gasteiger partial charge in [-0.05, 0) is 86.4 Å². The Morgan fingerprint density at radius 3 is 2.56 bits per heavy atom. The molecule has 27 heavy (non-hydrogen) atoms. The number of ether oxygens (including phenoxy) is 1. The Hall–Kier alpha value is -0.530. The summed E-state index contributed by atoms with van der Waals surface area (Å²) in [7, 11) is 0. The summed E-state index contributed by atoms with van der Waals surface area (Å²) in [6.45, 7) is 9.57. The van der Waals surface area contributed by atoms with Crippen LogP contribution in [0.2, 0.25) is 0 Å². The topological polar surface area (TPSA) is 26.3 Å². The maximum Gasteiger partial charge on any atom is 0.306 e. The highest BCUT2D eigenvalue weighted by atomic mass is 16.5. The number of rotatable bonds is 4. The first kappa shape index (κ1) is 19.8. The van der Waals surface area contributed by atoms with E-state index in [1.54, 1.807) is 0 Å². The maximum atomic E-state index is 12.5. The average molecular weight is 375 g/mol. The highest BCUT2D eigenvalue weighted by Gasteiger charge is 2.63. The summed E-state index contributed by atoms with van der Waals surface area (Å²) in [6.07, 6.45) is 15.4. The summed E-state index contributed by atoms with van der Waals surface area (Å²) in [5.74, 6) is 4.16. The molecule has 2 heteroatoms. The zero-order chi connectivity index (χ0) is 19.2. The minimum atomic E-state index is 0.0591. The Morgan fingerprint density at radius 1 is 1.00 bits per heavy atom. The fraction of sp³-hybridized carbons (Fsp3) is 0.960. The van der Waals surface area contributed by atoms with E-state index in [1.807, 2.05) is 0 Å². The molecule has 0 aliphatic heterocycles. The predicted molar refractivity (Wildman–Crippen MR) is 110 cm³/mol. The fourth-order valence-corrected chi connectivity index (χ4v) is 8.61. The van der Waals surface area contributed by atoms with Gasteiger partial charge in [-0.1, -0.05) is 47.0 Å². The first-order valence-corrected chi connectivity index (χ1v) is 12.1. The van der Waals surface area contributed by atoms with Crippen LogP contribution < -0.4 is 0 Å². The van der Waals surface area contributed by atoms with Crippen LogP contribution in [0.1, 0.15) is 105 Å². The summed E-state index contributed by atoms with van der Waals surface area (Å²) < 4.78 is 6.32. The Bertz CT molecular complexity index is 557. The molecular formula is C25H42O2. The van der Waals surface area contributed by atoms with Gasteiger partial charge in [0.2, 0.25) is 0 Å². The highest BCUT2D eigenvalue weighted by Crippen LogP contribution is 2.68. The van der Waals surface area contributed by atoms with E-state index in [4.69, 9.17) is 4.74 Å². The van der Waals surface area contributed by atoms with E-state index >= 15 is 0 Å². The molecule has 4 saturated carbocycles. The third-order valence-corrected chi connectivity index (χ3v) is 10.1. The van der Waals surface area contributed by atoms with Gasteiger partial charge in [-0.3, -0.25) is 4.79 Å². The van der Waals surface area contributed by atoms with Crippen molar-refractivity contribution in [2.75, 3.05) is 0 Å². The molecule has 4 aliphatic carbocycles. The summed E-state index contributed by atoms with van der Waals surface area (Å²) in [5, 5.41) is 0. The minimum absolute atomic E-state index is 0.0591. The van der Waals surface area contributed by atoms with Crippen molar-refractivity contribution in [1.82, 2.24) is 0 Å². The van der Waals surface area contributed by atoms with E-state index in [0.29, 0.717) is 11.8 Å². The van der Waals surface area contributed by atoms with Gasteiger partial charge in [-0.25, -0.2) is 0 Å². The molecule has 0 amide bonds. The van der Waals surface area contributed by atoms with Gasteiger partial charge in [0.25, 0.3) is 0 Å². The monoisotopic (exact) mass is 374 g/mol. The molecule has 154 valence electrons. The second-order valence-corrected chi connectivity index (χ2v) is 10.9. The fourth-order valence-electron chi connectivity index (χ4n) is 8.61. The number of carbonyl (C=O) groups is 1. The van der Waals surface area contributed by atoms with Gasteiger partial charge in [0.05, 0.1) is 0 Å². The van der Waals surface area contributed by atoms with Gasteiger partial charge in [0.15, 0.2) is 0 Å². The molecule has 0 spiro atoms. The molecule has 0 aromatic heterocycles. The van der Waals surface area contributed by atoms with Crippen molar-refractivity contribution in [1.29, 1.82) is 0 Å². The highest BCUT2D eigenvalue weighted by molar-refractivity contribution is 5.69. The van der Waals surface area contributed by atoms with Crippen LogP contribution in [0.3, 0.4) is 0 Å². The average Bonchev–Trinajstić information content (AvgIpc) is 3.00. The number of carbonyl (C=O) groups excluding carboxylic acids is 1. The van der Waals surface area contributed by atoms with Crippen LogP contribution in [-0.4, -0.2) is 12.1 Å². The van der Waals surface area contributed by atoms with E-state index in [2.05, 4.69) is 27.7 Å². The number of esters is 1. The SMILES string of the molecule is CCCC(=O)OC1CC2C(CCC3CCCCC32C)C2CCC(CC)C12C. The van der Waals surface area contributed by atoms with Crippen LogP contribution in [0.4, 0.5) is 0 Å². The molecule has 8 unspecified atom stereocenters. The molecule has 0 N–H and O–H groups in total. The molecule has 0 bridgehead atoms. The van der Waals surface area contributed by atoms with Gasteiger partial charge < -0.3 is 4.74 Å². The lowest BCUT2D eigenvalue weighted by Crippen LogP contribution is -2.58. The van der Waals surface area contributed by atoms with Crippen LogP contribution in [0, 0.1) is 40.4 Å². The molecule has 8 atom stereocenters. The Morgan fingerprint density at radius 2 is 1.81 bits per heavy atom. The third-order valence-electron chi connectivity index (χ3n) is 10.1. The zero-order valence-electron chi connectivity index (χ0n) is 18.3. The van der Waals surface area contributed by atoms with Crippen molar-refractivity contribution in [3.63, 3.8) is 0 Å². The van der Waals surface area contributed by atoms with Gasteiger partial charge in [0, 0.05) is 11.8 Å². The lowest BCUT2D eigenvalue weighted by Gasteiger charge is -2.62. The molecule has 4 rings (SSSR count). The summed E-state index contributed by atoms with van der Waals surface area (Å²) in [4.78, 5) is 12.5. The molecule has 0 radical (unpaired) electrons. The molecule has 4 fully saturated rings. The van der Waals surface area contributed by atoms with Crippen molar-refractivity contribution in [2.45, 2.75) is 111 Å². The van der Waals surface area contributed by atoms with Crippen molar-refractivity contribution in [2.24, 2.45) is 40.4 Å². The van der Waals surface area contributed by atoms with E-state index in [0.717, 1.165) is 42.4 Å². The van der Waals surface area contributed by atoms with E-state index in [1.165, 1.54) is 57.8 Å². The quantitative estimate of drug-likeness (QED) is 0.508. The van der Waals surface area contributed by atoms with E-state index in [9.17, 15) is 4.79 Å². The third kappa shape index (κ3) is 2.99. The smallest absolute Gasteiger partial charge is 0.306 e. The lowest BCUT2D eigenvalue weighted by molar-refractivity contribution is -0.192. The normalized spacial score (nSPS) is 49.0. The largest absolute Gasteiger partial charge is 0.462 e. The summed E-state index contributed by atoms with van der Waals surface area (Å²) in [6, 6.07) is 0. The van der Waals surface area contributed by atoms with Crippen LogP contribution in [0.15, 0.2) is 0 Å². The van der Waals surface area contributed by atoms with Crippen molar-refractivity contribution >= 4 is 5.97 Å². The first-order valence-electron chi connectivity index (χ1n) is 12.1. The van der Waals surface area contributed by atoms with Crippen LogP contribution >= 0.6 is 0 Å². The van der Waals surface area contributed by atoms with Gasteiger partial charge in [-0.15, -0.1) is 0 Å². The Labute approximate surface area is 167 Å². The number of hydrogen-bond acceptors (Lipinski definition) is 2. The van der Waals surface area contributed by atoms with Crippen LogP contribution in [0.5, 0.6) is 0 Å². The Kier molecular flexibility index (Phi) is 5.40. The van der Waals surface area contributed by atoms with Gasteiger partial charge in [-0.2, -0.15) is 0 Å². The molecule has 0 aromatic rings. The summed E-state index contributed by atoms with van der Waals surface area (Å²) in [5.41, 5.74) is 0.722. The van der Waals surface area contributed by atoms with E-state index in [-0.39, 0.29) is 17.5 Å². The molecule has 0 aromatic carbocycles. The second kappa shape index (κ2) is 7.38. The standard InChI is InChI=1S/C25H42O2/c1-5-9-23(26)27-22-16-21-19(20-14-12-17(6-2)25(20,22)4)13-11-18-10-7-8-15-24(18,21)3/h17-22H,5-16H2,1-4H3. The van der Waals surface area contributed by atoms with E-state index < -0.39 is 0 Å². The lowest BCUT2D eigenvalue weighted by atomic mass is 9.44.